The largest absolute Gasteiger partial charge is 0.461 e. The summed E-state index contributed by atoms with van der Waals surface area (Å²) < 4.78 is 5.97. The van der Waals surface area contributed by atoms with Crippen LogP contribution in [0.15, 0.2) is 34.7 Å². The maximum Gasteiger partial charge on any atom is 0.134 e. The van der Waals surface area contributed by atoms with Crippen LogP contribution in [0.4, 0.5) is 0 Å². The summed E-state index contributed by atoms with van der Waals surface area (Å²) in [5.74, 6) is 2.01. The van der Waals surface area contributed by atoms with Gasteiger partial charge >= 0.3 is 0 Å². The molecule has 19 heavy (non-hydrogen) atoms. The van der Waals surface area contributed by atoms with Gasteiger partial charge in [0.1, 0.15) is 11.5 Å². The Kier molecular flexibility index (Phi) is 4.43. The molecule has 102 valence electrons. The molecule has 2 nitrogen and oxygen atoms in total. The van der Waals surface area contributed by atoms with Gasteiger partial charge in [-0.05, 0) is 45.0 Å². The third-order valence-electron chi connectivity index (χ3n) is 3.37. The summed E-state index contributed by atoms with van der Waals surface area (Å²) in [6.45, 7) is 9.54. The van der Waals surface area contributed by atoms with Crippen LogP contribution in [0.1, 0.15) is 30.7 Å². The summed E-state index contributed by atoms with van der Waals surface area (Å²) in [4.78, 5) is 0. The zero-order chi connectivity index (χ0) is 13.8. The number of benzene rings is 1. The molecule has 0 amide bonds. The van der Waals surface area contributed by atoms with Gasteiger partial charge in [-0.3, -0.25) is 0 Å². The highest BCUT2D eigenvalue weighted by Crippen LogP contribution is 2.26. The summed E-state index contributed by atoms with van der Waals surface area (Å²) in [5, 5.41) is 3.40. The van der Waals surface area contributed by atoms with Crippen molar-refractivity contribution in [2.45, 2.75) is 40.2 Å². The van der Waals surface area contributed by atoms with Gasteiger partial charge in [-0.15, -0.1) is 0 Å². The molecular weight excluding hydrogens is 234 g/mol. The Morgan fingerprint density at radius 3 is 2.63 bits per heavy atom. The van der Waals surface area contributed by atoms with Gasteiger partial charge in [0.25, 0.3) is 0 Å². The molecule has 0 radical (unpaired) electrons. The van der Waals surface area contributed by atoms with Gasteiger partial charge in [0.05, 0.1) is 0 Å². The fraction of sp³-hybridized carbons (Fsp3) is 0.412. The van der Waals surface area contributed by atoms with E-state index in [2.05, 4.69) is 63.3 Å². The van der Waals surface area contributed by atoms with Gasteiger partial charge in [0.15, 0.2) is 0 Å². The lowest BCUT2D eigenvalue weighted by atomic mass is 10.0. The highest BCUT2D eigenvalue weighted by Gasteiger charge is 2.09. The molecule has 0 saturated carbocycles. The van der Waals surface area contributed by atoms with E-state index in [9.17, 15) is 0 Å². The molecule has 1 heterocycles. The van der Waals surface area contributed by atoms with Crippen molar-refractivity contribution in [2.24, 2.45) is 0 Å². The average molecular weight is 257 g/mol. The molecule has 1 atom stereocenters. The van der Waals surface area contributed by atoms with E-state index in [0.717, 1.165) is 24.5 Å². The van der Waals surface area contributed by atoms with Crippen LogP contribution in [0.3, 0.4) is 0 Å². The molecule has 0 spiro atoms. The topological polar surface area (TPSA) is 25.2 Å². The lowest BCUT2D eigenvalue weighted by Crippen LogP contribution is -2.27. The van der Waals surface area contributed by atoms with E-state index in [4.69, 9.17) is 4.42 Å². The summed E-state index contributed by atoms with van der Waals surface area (Å²) >= 11 is 0. The lowest BCUT2D eigenvalue weighted by Gasteiger charge is -2.09. The molecule has 0 aliphatic rings. The Bertz CT molecular complexity index is 542. The first-order valence-electron chi connectivity index (χ1n) is 7.00. The SMILES string of the molecule is CCNC(C)Cc1ccc(-c2ccc(C)cc2C)o1. The van der Waals surface area contributed by atoms with E-state index >= 15 is 0 Å². The van der Waals surface area contributed by atoms with E-state index in [1.165, 1.54) is 16.7 Å². The minimum absolute atomic E-state index is 0.447. The van der Waals surface area contributed by atoms with Gasteiger partial charge in [0, 0.05) is 18.0 Å². The lowest BCUT2D eigenvalue weighted by molar-refractivity contribution is 0.470. The van der Waals surface area contributed by atoms with Crippen molar-refractivity contribution in [3.8, 4) is 11.3 Å². The van der Waals surface area contributed by atoms with Crippen LogP contribution in [0.2, 0.25) is 0 Å². The van der Waals surface area contributed by atoms with E-state index in [1.54, 1.807) is 0 Å². The van der Waals surface area contributed by atoms with E-state index in [1.807, 2.05) is 0 Å². The van der Waals surface area contributed by atoms with Gasteiger partial charge in [-0.25, -0.2) is 0 Å². The maximum absolute atomic E-state index is 5.97. The first-order chi connectivity index (χ1) is 9.10. The summed E-state index contributed by atoms with van der Waals surface area (Å²) in [6, 6.07) is 11.1. The number of hydrogen-bond donors (Lipinski definition) is 1. The summed E-state index contributed by atoms with van der Waals surface area (Å²) in [5.41, 5.74) is 3.74. The zero-order valence-electron chi connectivity index (χ0n) is 12.3. The third kappa shape index (κ3) is 3.48. The van der Waals surface area contributed by atoms with Crippen LogP contribution in [-0.2, 0) is 6.42 Å². The zero-order valence-corrected chi connectivity index (χ0v) is 12.3. The molecule has 2 rings (SSSR count). The molecule has 0 aliphatic heterocycles. The predicted octanol–water partition coefficient (Wildman–Crippen LogP) is 4.10. The molecule has 0 fully saturated rings. The minimum atomic E-state index is 0.447. The Balaban J connectivity index is 2.16. The van der Waals surface area contributed by atoms with Crippen LogP contribution in [0.25, 0.3) is 11.3 Å². The molecule has 1 unspecified atom stereocenters. The minimum Gasteiger partial charge on any atom is -0.461 e. The first-order valence-corrected chi connectivity index (χ1v) is 7.00. The van der Waals surface area contributed by atoms with E-state index in [-0.39, 0.29) is 0 Å². The predicted molar refractivity (Wildman–Crippen MR) is 80.5 cm³/mol. The maximum atomic E-state index is 5.97. The second-order valence-electron chi connectivity index (χ2n) is 5.25. The van der Waals surface area contributed by atoms with Crippen molar-refractivity contribution < 1.29 is 4.42 Å². The normalized spacial score (nSPS) is 12.6. The molecule has 0 bridgehead atoms. The smallest absolute Gasteiger partial charge is 0.134 e. The van der Waals surface area contributed by atoms with E-state index in [0.29, 0.717) is 6.04 Å². The number of nitrogens with one attached hydrogen (secondary N) is 1. The third-order valence-corrected chi connectivity index (χ3v) is 3.37. The summed E-state index contributed by atoms with van der Waals surface area (Å²) in [6.07, 6.45) is 0.929. The number of furan rings is 1. The Morgan fingerprint density at radius 1 is 1.16 bits per heavy atom. The van der Waals surface area contributed by atoms with Crippen LogP contribution >= 0.6 is 0 Å². The Labute approximate surface area is 115 Å². The van der Waals surface area contributed by atoms with Gasteiger partial charge < -0.3 is 9.73 Å². The van der Waals surface area contributed by atoms with Gasteiger partial charge in [-0.1, -0.05) is 30.7 Å². The molecule has 1 N–H and O–H groups in total. The molecule has 2 heteroatoms. The standard InChI is InChI=1S/C17H23NO/c1-5-18-14(4)11-15-7-9-17(19-15)16-8-6-12(2)10-13(16)3/h6-10,14,18H,5,11H2,1-4H3. The number of likely N-dealkylation sites (N-methyl/N-ethyl adjacent to an activating group) is 1. The molecule has 2 aromatic rings. The van der Waals surface area contributed by atoms with Gasteiger partial charge in [-0.2, -0.15) is 0 Å². The molecule has 1 aromatic heterocycles. The molecule has 0 saturated heterocycles. The number of hydrogen-bond acceptors (Lipinski definition) is 2. The monoisotopic (exact) mass is 257 g/mol. The number of rotatable bonds is 5. The fourth-order valence-electron chi connectivity index (χ4n) is 2.44. The van der Waals surface area contributed by atoms with Crippen molar-refractivity contribution in [1.82, 2.24) is 5.32 Å². The van der Waals surface area contributed by atoms with Crippen LogP contribution < -0.4 is 5.32 Å². The highest BCUT2D eigenvalue weighted by molar-refractivity contribution is 5.62. The van der Waals surface area contributed by atoms with Crippen molar-refractivity contribution in [3.63, 3.8) is 0 Å². The summed E-state index contributed by atoms with van der Waals surface area (Å²) in [7, 11) is 0. The highest BCUT2D eigenvalue weighted by atomic mass is 16.3. The van der Waals surface area contributed by atoms with Crippen molar-refractivity contribution in [1.29, 1.82) is 0 Å². The van der Waals surface area contributed by atoms with Crippen LogP contribution in [-0.4, -0.2) is 12.6 Å². The van der Waals surface area contributed by atoms with Crippen molar-refractivity contribution in [2.75, 3.05) is 6.54 Å². The second kappa shape index (κ2) is 6.07. The number of aryl methyl sites for hydroxylation is 2. The Hall–Kier alpha value is -1.54. The Morgan fingerprint density at radius 2 is 1.95 bits per heavy atom. The quantitative estimate of drug-likeness (QED) is 0.872. The molecular formula is C17H23NO. The van der Waals surface area contributed by atoms with E-state index < -0.39 is 0 Å². The van der Waals surface area contributed by atoms with Gasteiger partial charge in [0.2, 0.25) is 0 Å². The first kappa shape index (κ1) is 13.9. The van der Waals surface area contributed by atoms with Crippen molar-refractivity contribution in [3.05, 3.63) is 47.2 Å². The second-order valence-corrected chi connectivity index (χ2v) is 5.25. The van der Waals surface area contributed by atoms with Crippen molar-refractivity contribution >= 4 is 0 Å². The average Bonchev–Trinajstić information content (AvgIpc) is 2.77. The molecule has 1 aromatic carbocycles. The van der Waals surface area contributed by atoms with Crippen LogP contribution in [0, 0.1) is 13.8 Å². The fourth-order valence-corrected chi connectivity index (χ4v) is 2.44. The van der Waals surface area contributed by atoms with Crippen LogP contribution in [0.5, 0.6) is 0 Å². The molecule has 0 aliphatic carbocycles.